The van der Waals surface area contributed by atoms with E-state index in [1.807, 2.05) is 0 Å². The molecule has 0 radical (unpaired) electrons. The van der Waals surface area contributed by atoms with Crippen molar-refractivity contribution in [2.45, 2.75) is 5.25 Å². The Labute approximate surface area is 112 Å². The van der Waals surface area contributed by atoms with Gasteiger partial charge in [-0.3, -0.25) is 19.8 Å². The predicted octanol–water partition coefficient (Wildman–Crippen LogP) is 2.06. The summed E-state index contributed by atoms with van der Waals surface area (Å²) >= 11 is 6.25. The molecule has 0 aliphatic carbocycles. The minimum absolute atomic E-state index is 0.109. The summed E-state index contributed by atoms with van der Waals surface area (Å²) in [7, 11) is 1.61. The van der Waals surface area contributed by atoms with E-state index in [-0.39, 0.29) is 11.8 Å². The number of hydrogen-bond acceptors (Lipinski definition) is 6. The first-order valence-electron chi connectivity index (χ1n) is 4.89. The third kappa shape index (κ3) is 2.44. The average molecular weight is 284 g/mol. The third-order valence-electron chi connectivity index (χ3n) is 2.30. The van der Waals surface area contributed by atoms with Crippen molar-refractivity contribution in [2.24, 2.45) is 0 Å². The van der Waals surface area contributed by atoms with Crippen LogP contribution in [0.4, 0.5) is 5.88 Å². The Morgan fingerprint density at radius 3 is 2.83 bits per heavy atom. The fraction of sp³-hybridized carbons (Fsp3) is 0.200. The highest BCUT2D eigenvalue weighted by atomic mass is 32.2. The van der Waals surface area contributed by atoms with Crippen molar-refractivity contribution < 1.29 is 14.1 Å². The molecule has 1 aliphatic rings. The van der Waals surface area contributed by atoms with Gasteiger partial charge in [-0.25, -0.2) is 0 Å². The molecule has 1 aliphatic heterocycles. The minimum Gasteiger partial charge on any atom is -0.401 e. The van der Waals surface area contributed by atoms with Gasteiger partial charge in [-0.2, -0.15) is 0 Å². The summed E-state index contributed by atoms with van der Waals surface area (Å²) in [4.78, 5) is 22.9. The van der Waals surface area contributed by atoms with Gasteiger partial charge in [0.25, 0.3) is 0 Å². The van der Waals surface area contributed by atoms with Gasteiger partial charge in [0, 0.05) is 7.05 Å². The third-order valence-corrected chi connectivity index (χ3v) is 3.95. The summed E-state index contributed by atoms with van der Waals surface area (Å²) in [6.45, 7) is 0. The fourth-order valence-corrected chi connectivity index (χ4v) is 2.64. The van der Waals surface area contributed by atoms with Gasteiger partial charge in [-0.15, -0.1) is 0 Å². The molecule has 0 aromatic carbocycles. The number of thiocarbonyl (C=S) groups is 1. The van der Waals surface area contributed by atoms with Crippen molar-refractivity contribution in [1.29, 1.82) is 0 Å². The van der Waals surface area contributed by atoms with Gasteiger partial charge in [-0.1, -0.05) is 30.1 Å². The number of nitrogens with zero attached hydrogens (tertiary/aromatic N) is 2. The van der Waals surface area contributed by atoms with E-state index >= 15 is 0 Å². The lowest BCUT2D eigenvalue weighted by molar-refractivity contribution is -0.402. The molecular weight excluding hydrogens is 276 g/mol. The lowest BCUT2D eigenvalue weighted by atomic mass is 10.3. The number of amides is 1. The van der Waals surface area contributed by atoms with Crippen molar-refractivity contribution >= 4 is 46.2 Å². The van der Waals surface area contributed by atoms with E-state index in [0.29, 0.717) is 10.1 Å². The van der Waals surface area contributed by atoms with E-state index in [4.69, 9.17) is 16.6 Å². The Bertz CT molecular complexity index is 552. The molecule has 0 saturated carbocycles. The summed E-state index contributed by atoms with van der Waals surface area (Å²) < 4.78 is 5.45. The molecule has 94 valence electrons. The number of nitro groups is 1. The highest BCUT2D eigenvalue weighted by Gasteiger charge is 2.32. The predicted molar refractivity (Wildman–Crippen MR) is 71.1 cm³/mol. The summed E-state index contributed by atoms with van der Waals surface area (Å²) in [6, 6.07) is 2.74. The monoisotopic (exact) mass is 284 g/mol. The first-order chi connectivity index (χ1) is 8.49. The van der Waals surface area contributed by atoms with Gasteiger partial charge in [0.05, 0.1) is 6.07 Å². The first kappa shape index (κ1) is 12.8. The molecular formula is C10H8N2O4S2. The van der Waals surface area contributed by atoms with Crippen LogP contribution in [0.1, 0.15) is 5.76 Å². The summed E-state index contributed by atoms with van der Waals surface area (Å²) in [5.74, 6) is -0.106. The van der Waals surface area contributed by atoms with Gasteiger partial charge in [-0.05, 0) is 12.1 Å². The lowest BCUT2D eigenvalue weighted by Gasteiger charge is -2.04. The Morgan fingerprint density at radius 2 is 2.33 bits per heavy atom. The van der Waals surface area contributed by atoms with Gasteiger partial charge >= 0.3 is 5.88 Å². The lowest BCUT2D eigenvalue weighted by Crippen LogP contribution is -2.26. The standard InChI is InChI=1S/C10H8N2O4S2/c1-11-9(13)7(18-10(11)17)4-2-6-3-5-8(16-6)12(14)15/h2-5,7H,1H3. The molecule has 1 unspecified atom stereocenters. The number of thioether (sulfide) groups is 1. The van der Waals surface area contributed by atoms with E-state index in [9.17, 15) is 14.9 Å². The van der Waals surface area contributed by atoms with Crippen LogP contribution in [0, 0.1) is 10.1 Å². The molecule has 18 heavy (non-hydrogen) atoms. The molecule has 1 saturated heterocycles. The molecule has 1 aromatic heterocycles. The summed E-state index contributed by atoms with van der Waals surface area (Å²) in [5, 5.41) is 10.0. The maximum Gasteiger partial charge on any atom is 0.433 e. The SMILES string of the molecule is CN1C(=O)C(C=Cc2ccc([N+](=O)[O-])o2)SC1=S. The largest absolute Gasteiger partial charge is 0.433 e. The van der Waals surface area contributed by atoms with Crippen LogP contribution in [0.25, 0.3) is 6.08 Å². The topological polar surface area (TPSA) is 76.6 Å². The van der Waals surface area contributed by atoms with Crippen LogP contribution in [0.15, 0.2) is 22.6 Å². The normalized spacial score (nSPS) is 20.1. The van der Waals surface area contributed by atoms with Crippen LogP contribution in [0.2, 0.25) is 0 Å². The van der Waals surface area contributed by atoms with Gasteiger partial charge in [0.2, 0.25) is 5.91 Å². The molecule has 2 heterocycles. The van der Waals surface area contributed by atoms with Crippen LogP contribution < -0.4 is 0 Å². The first-order valence-corrected chi connectivity index (χ1v) is 6.18. The molecule has 1 aromatic rings. The molecule has 6 nitrogen and oxygen atoms in total. The van der Waals surface area contributed by atoms with Crippen molar-refractivity contribution in [1.82, 2.24) is 4.90 Å². The molecule has 8 heteroatoms. The molecule has 0 bridgehead atoms. The molecule has 0 spiro atoms. The number of rotatable bonds is 3. The van der Waals surface area contributed by atoms with Crippen LogP contribution >= 0.6 is 24.0 Å². The van der Waals surface area contributed by atoms with Crippen LogP contribution in [-0.2, 0) is 4.79 Å². The van der Waals surface area contributed by atoms with Crippen molar-refractivity contribution in [3.63, 3.8) is 0 Å². The number of hydrogen-bond donors (Lipinski definition) is 0. The van der Waals surface area contributed by atoms with Gasteiger partial charge in [0.15, 0.2) is 0 Å². The summed E-state index contributed by atoms with van der Waals surface area (Å²) in [5.41, 5.74) is 0. The van der Waals surface area contributed by atoms with Gasteiger partial charge < -0.3 is 4.42 Å². The number of carbonyl (C=O) groups excluding carboxylic acids is 1. The zero-order valence-corrected chi connectivity index (χ0v) is 10.9. The number of carbonyl (C=O) groups is 1. The van der Waals surface area contributed by atoms with E-state index in [1.165, 1.54) is 34.9 Å². The molecule has 2 rings (SSSR count). The quantitative estimate of drug-likeness (QED) is 0.480. The van der Waals surface area contributed by atoms with E-state index in [0.717, 1.165) is 0 Å². The zero-order chi connectivity index (χ0) is 13.3. The Balaban J connectivity index is 2.09. The molecule has 0 N–H and O–H groups in total. The van der Waals surface area contributed by atoms with Gasteiger partial charge in [0.1, 0.15) is 20.3 Å². The second-order valence-corrected chi connectivity index (χ2v) is 5.27. The summed E-state index contributed by atoms with van der Waals surface area (Å²) in [6.07, 6.45) is 3.15. The molecule has 1 amide bonds. The maximum absolute atomic E-state index is 11.7. The fourth-order valence-electron chi connectivity index (χ4n) is 1.35. The van der Waals surface area contributed by atoms with E-state index < -0.39 is 10.2 Å². The van der Waals surface area contributed by atoms with E-state index in [2.05, 4.69) is 0 Å². The van der Waals surface area contributed by atoms with Crippen LogP contribution in [0.5, 0.6) is 0 Å². The molecule has 1 fully saturated rings. The van der Waals surface area contributed by atoms with Crippen molar-refractivity contribution in [2.75, 3.05) is 7.05 Å². The average Bonchev–Trinajstić information content (AvgIpc) is 2.88. The smallest absolute Gasteiger partial charge is 0.401 e. The molecule has 1 atom stereocenters. The second kappa shape index (κ2) is 4.91. The zero-order valence-electron chi connectivity index (χ0n) is 9.23. The van der Waals surface area contributed by atoms with E-state index in [1.54, 1.807) is 13.1 Å². The van der Waals surface area contributed by atoms with Crippen LogP contribution in [-0.4, -0.2) is 32.3 Å². The maximum atomic E-state index is 11.7. The highest BCUT2D eigenvalue weighted by molar-refractivity contribution is 8.24. The Kier molecular flexibility index (Phi) is 3.48. The minimum atomic E-state index is -0.615. The Hall–Kier alpha value is -1.67. The van der Waals surface area contributed by atoms with Crippen molar-refractivity contribution in [3.05, 3.63) is 34.1 Å². The number of furan rings is 1. The van der Waals surface area contributed by atoms with Crippen molar-refractivity contribution in [3.8, 4) is 0 Å². The highest BCUT2D eigenvalue weighted by Crippen LogP contribution is 2.27. The second-order valence-electron chi connectivity index (χ2n) is 3.49. The Morgan fingerprint density at radius 1 is 1.61 bits per heavy atom. The van der Waals surface area contributed by atoms with Crippen LogP contribution in [0.3, 0.4) is 0 Å².